The highest BCUT2D eigenvalue weighted by Gasteiger charge is 2.51. The summed E-state index contributed by atoms with van der Waals surface area (Å²) in [5, 5.41) is 112. The predicted octanol–water partition coefficient (Wildman–Crippen LogP) is 0.0905. The minimum absolute atomic E-state index is 0.0746. The van der Waals surface area contributed by atoms with E-state index >= 15 is 0 Å². The molecule has 19 nitrogen and oxygen atoms in total. The van der Waals surface area contributed by atoms with Crippen LogP contribution < -0.4 is 16.8 Å². The van der Waals surface area contributed by atoms with Crippen molar-refractivity contribution in [2.45, 2.75) is 189 Å². The first-order valence-electron chi connectivity index (χ1n) is 24.0. The Morgan fingerprint density at radius 2 is 1.30 bits per heavy atom. The number of esters is 1. The van der Waals surface area contributed by atoms with Gasteiger partial charge in [-0.05, 0) is 40.0 Å². The van der Waals surface area contributed by atoms with Crippen LogP contribution in [0.4, 0.5) is 0 Å². The number of cyclic esters (lactones) is 1. The average molecular weight is 980 g/mol. The van der Waals surface area contributed by atoms with Gasteiger partial charge in [0.05, 0.1) is 85.5 Å². The second-order valence-electron chi connectivity index (χ2n) is 18.9. The lowest BCUT2D eigenvalue weighted by molar-refractivity contribution is -0.307. The SMILES string of the molecule is C[C@@H]1[C@H](O)[C@@H](C)/C=C/C=C/C=C/C=C/C=C/C=C/C=C/[C@H](O[C@@H]2O[C@H](C)[C@@H](O)[C@H](N)[C@@H]2O)C[C@@H]2O[C@](O)(C[C@@H](O)C[C@@H](O)[C@H](O)CC[C@@H](O)C[C@@H](O)CC(=O)O[C@H]1C)C[C@H](O)C2C(=O)N[C@H](C)CN. The molecule has 0 saturated carbocycles. The lowest BCUT2D eigenvalue weighted by atomic mass is 9.82. The second-order valence-corrected chi connectivity index (χ2v) is 18.9. The number of aliphatic hydroxyl groups is 10. The summed E-state index contributed by atoms with van der Waals surface area (Å²) in [5.41, 5.74) is 11.9. The second kappa shape index (κ2) is 29.8. The molecule has 3 rings (SSSR count). The molecular formula is C50H81N3O16. The van der Waals surface area contributed by atoms with Crippen molar-refractivity contribution in [3.8, 4) is 0 Å². The van der Waals surface area contributed by atoms with Crippen molar-refractivity contribution < 1.29 is 79.6 Å². The Bertz CT molecular complexity index is 1760. The molecule has 15 N–H and O–H groups in total. The summed E-state index contributed by atoms with van der Waals surface area (Å²) >= 11 is 0. The molecule has 2 bridgehead atoms. The number of nitrogens with two attached hydrogens (primary N) is 2. The molecule has 3 heterocycles. The van der Waals surface area contributed by atoms with E-state index in [1.165, 1.54) is 0 Å². The number of nitrogens with one attached hydrogen (secondary N) is 1. The maximum Gasteiger partial charge on any atom is 0.308 e. The van der Waals surface area contributed by atoms with Gasteiger partial charge in [0.25, 0.3) is 0 Å². The fourth-order valence-corrected chi connectivity index (χ4v) is 8.39. The van der Waals surface area contributed by atoms with E-state index in [1.54, 1.807) is 82.4 Å². The minimum atomic E-state index is -2.28. The molecule has 1 unspecified atom stereocenters. The molecule has 0 aromatic heterocycles. The minimum Gasteiger partial charge on any atom is -0.462 e. The molecule has 0 aromatic rings. The molecule has 1 amide bonds. The molecule has 3 aliphatic rings. The molecule has 20 atom stereocenters. The van der Waals surface area contributed by atoms with E-state index in [2.05, 4.69) is 5.32 Å². The van der Waals surface area contributed by atoms with E-state index in [0.29, 0.717) is 0 Å². The van der Waals surface area contributed by atoms with Gasteiger partial charge in [-0.3, -0.25) is 9.59 Å². The average Bonchev–Trinajstić information content (AvgIpc) is 3.27. The van der Waals surface area contributed by atoms with Gasteiger partial charge in [0.15, 0.2) is 12.1 Å². The number of ether oxygens (including phenoxy) is 4. The molecule has 3 aliphatic heterocycles. The van der Waals surface area contributed by atoms with Crippen molar-refractivity contribution in [1.82, 2.24) is 5.32 Å². The Morgan fingerprint density at radius 1 is 0.725 bits per heavy atom. The maximum absolute atomic E-state index is 13.7. The van der Waals surface area contributed by atoms with Crippen LogP contribution in [0.25, 0.3) is 0 Å². The van der Waals surface area contributed by atoms with Gasteiger partial charge in [-0.25, -0.2) is 0 Å². The third-order valence-corrected chi connectivity index (χ3v) is 12.8. The van der Waals surface area contributed by atoms with E-state index in [9.17, 15) is 60.7 Å². The summed E-state index contributed by atoms with van der Waals surface area (Å²) in [6.45, 7) is 8.52. The van der Waals surface area contributed by atoms with Crippen LogP contribution in [0.1, 0.15) is 86.0 Å². The Balaban J connectivity index is 1.93. The summed E-state index contributed by atoms with van der Waals surface area (Å²) in [7, 11) is 0. The molecule has 19 heteroatoms. The molecule has 2 saturated heterocycles. The Kier molecular flexibility index (Phi) is 25.8. The summed E-state index contributed by atoms with van der Waals surface area (Å²) in [6, 6.07) is -1.64. The highest BCUT2D eigenvalue weighted by Crippen LogP contribution is 2.38. The van der Waals surface area contributed by atoms with E-state index in [-0.39, 0.29) is 38.1 Å². The van der Waals surface area contributed by atoms with Gasteiger partial charge in [-0.15, -0.1) is 0 Å². The number of amides is 1. The summed E-state index contributed by atoms with van der Waals surface area (Å²) in [5.74, 6) is -5.68. The third-order valence-electron chi connectivity index (χ3n) is 12.8. The summed E-state index contributed by atoms with van der Waals surface area (Å²) < 4.78 is 23.7. The zero-order valence-electron chi connectivity index (χ0n) is 40.5. The van der Waals surface area contributed by atoms with E-state index < -0.39 is 153 Å². The van der Waals surface area contributed by atoms with E-state index in [4.69, 9.17) is 30.4 Å². The normalized spacial score (nSPS) is 44.0. The van der Waals surface area contributed by atoms with E-state index in [1.807, 2.05) is 37.3 Å². The number of aliphatic hydroxyl groups excluding tert-OH is 9. The van der Waals surface area contributed by atoms with Gasteiger partial charge in [0.2, 0.25) is 5.91 Å². The number of carbonyl (C=O) groups is 2. The van der Waals surface area contributed by atoms with Crippen LogP contribution in [0.3, 0.4) is 0 Å². The van der Waals surface area contributed by atoms with Crippen molar-refractivity contribution in [3.05, 3.63) is 85.1 Å². The smallest absolute Gasteiger partial charge is 0.308 e. The van der Waals surface area contributed by atoms with Gasteiger partial charge >= 0.3 is 5.97 Å². The molecule has 2 fully saturated rings. The topological polar surface area (TPSA) is 337 Å². The van der Waals surface area contributed by atoms with E-state index in [0.717, 1.165) is 0 Å². The molecule has 0 spiro atoms. The van der Waals surface area contributed by atoms with Crippen LogP contribution in [0, 0.1) is 17.8 Å². The standard InChI is InChI=1S/C50H81N3O16/c1-29-18-16-14-12-10-8-6-7-9-11-13-15-17-19-37(68-49-47(63)44(52)46(62)33(5)67-49)25-41-43(48(64)53-30(2)28-51)40(59)27-50(65,69-41)26-36(56)23-39(58)38(57)21-20-34(54)22-35(55)24-42(60)66-32(4)31(3)45(29)61/h6-19,29-41,43-47,49,54-59,61-63,65H,20-28,51-52H2,1-5H3,(H,53,64)/b7-6+,10-8+,11-9+,14-12+,15-13+,18-16+,19-17+/t29-,30+,31-,32-,33+,34+,35+,36-,37-,38+,39+,40-,41-,43?,44-,45+,46+,47-,49-,50+/m0/s1. The zero-order valence-corrected chi connectivity index (χ0v) is 40.5. The molecule has 0 aromatic carbocycles. The lowest BCUT2D eigenvalue weighted by Crippen LogP contribution is -2.62. The van der Waals surface area contributed by atoms with Gasteiger partial charge in [0.1, 0.15) is 12.2 Å². The maximum atomic E-state index is 13.7. The van der Waals surface area contributed by atoms with Crippen LogP contribution in [-0.2, 0) is 28.5 Å². The molecule has 69 heavy (non-hydrogen) atoms. The quantitative estimate of drug-likeness (QED) is 0.162. The van der Waals surface area contributed by atoms with Crippen molar-refractivity contribution in [2.75, 3.05) is 6.54 Å². The fourth-order valence-electron chi connectivity index (χ4n) is 8.39. The fraction of sp³-hybridized carbons (Fsp3) is 0.680. The van der Waals surface area contributed by atoms with Crippen LogP contribution >= 0.6 is 0 Å². The molecular weight excluding hydrogens is 899 g/mol. The van der Waals surface area contributed by atoms with Crippen molar-refractivity contribution >= 4 is 11.9 Å². The van der Waals surface area contributed by atoms with Crippen LogP contribution in [-0.4, -0.2) is 173 Å². The van der Waals surface area contributed by atoms with Crippen LogP contribution in [0.5, 0.6) is 0 Å². The number of carbonyl (C=O) groups excluding carboxylic acids is 2. The van der Waals surface area contributed by atoms with Gasteiger partial charge in [0, 0.05) is 50.1 Å². The lowest BCUT2D eigenvalue weighted by Gasteiger charge is -2.46. The first-order chi connectivity index (χ1) is 32.5. The first-order valence-corrected chi connectivity index (χ1v) is 24.0. The number of hydrogen-bond donors (Lipinski definition) is 13. The largest absolute Gasteiger partial charge is 0.462 e. The zero-order chi connectivity index (χ0) is 51.4. The first kappa shape index (κ1) is 59.8. The highest BCUT2D eigenvalue weighted by atomic mass is 16.7. The highest BCUT2D eigenvalue weighted by molar-refractivity contribution is 5.80. The Morgan fingerprint density at radius 3 is 1.90 bits per heavy atom. The Hall–Kier alpha value is -3.48. The number of fused-ring (bicyclic) bond motifs is 2. The number of hydrogen-bond acceptors (Lipinski definition) is 18. The van der Waals surface area contributed by atoms with Crippen molar-refractivity contribution in [3.63, 3.8) is 0 Å². The van der Waals surface area contributed by atoms with Crippen molar-refractivity contribution in [2.24, 2.45) is 29.2 Å². The summed E-state index contributed by atoms with van der Waals surface area (Å²) in [6.07, 6.45) is 4.54. The van der Waals surface area contributed by atoms with Crippen LogP contribution in [0.2, 0.25) is 0 Å². The number of allylic oxidation sites excluding steroid dienone is 12. The van der Waals surface area contributed by atoms with Crippen LogP contribution in [0.15, 0.2) is 85.1 Å². The molecule has 0 aliphatic carbocycles. The Labute approximate surface area is 406 Å². The molecule has 392 valence electrons. The monoisotopic (exact) mass is 980 g/mol. The van der Waals surface area contributed by atoms with Crippen molar-refractivity contribution in [1.29, 1.82) is 0 Å². The third kappa shape index (κ3) is 20.3. The predicted molar refractivity (Wildman–Crippen MR) is 256 cm³/mol. The van der Waals surface area contributed by atoms with Gasteiger partial charge < -0.3 is 86.8 Å². The van der Waals surface area contributed by atoms with Gasteiger partial charge in [-0.2, -0.15) is 0 Å². The summed E-state index contributed by atoms with van der Waals surface area (Å²) in [4.78, 5) is 26.4. The number of rotatable bonds is 5. The molecule has 0 radical (unpaired) electrons. The van der Waals surface area contributed by atoms with Gasteiger partial charge in [-0.1, -0.05) is 98.9 Å².